The van der Waals surface area contributed by atoms with Gasteiger partial charge in [-0.05, 0) is 25.0 Å². The molecule has 1 amide bonds. The van der Waals surface area contributed by atoms with Crippen LogP contribution in [0.2, 0.25) is 0 Å². The van der Waals surface area contributed by atoms with Crippen molar-refractivity contribution in [2.75, 3.05) is 6.61 Å². The Morgan fingerprint density at radius 2 is 1.62 bits per heavy atom. The molecule has 0 heterocycles. The van der Waals surface area contributed by atoms with Crippen LogP contribution in [-0.2, 0) is 10.3 Å². The Balaban J connectivity index is 2.17. The number of amides is 1. The number of aliphatic hydroxyl groups is 1. The number of carbonyl (C=O) groups is 1. The Bertz CT molecular complexity index is 583. The molecule has 21 heavy (non-hydrogen) atoms. The summed E-state index contributed by atoms with van der Waals surface area (Å²) in [5, 5.41) is 12.7. The van der Waals surface area contributed by atoms with Crippen molar-refractivity contribution in [3.05, 3.63) is 71.8 Å². The summed E-state index contributed by atoms with van der Waals surface area (Å²) in [5.74, 6) is -0.359. The molecule has 3 heteroatoms. The van der Waals surface area contributed by atoms with Gasteiger partial charge in [0, 0.05) is 0 Å². The maximum atomic E-state index is 12.5. The van der Waals surface area contributed by atoms with Crippen molar-refractivity contribution in [3.63, 3.8) is 0 Å². The number of carbonyl (C=O) groups excluding carboxylic acids is 1. The third-order valence-electron chi connectivity index (χ3n) is 3.82. The third-order valence-corrected chi connectivity index (χ3v) is 3.82. The maximum absolute atomic E-state index is 12.5. The fourth-order valence-corrected chi connectivity index (χ4v) is 2.28. The van der Waals surface area contributed by atoms with Gasteiger partial charge in [-0.3, -0.25) is 4.79 Å². The molecule has 110 valence electrons. The summed E-state index contributed by atoms with van der Waals surface area (Å²) < 4.78 is 0. The first kappa shape index (κ1) is 15.3. The number of nitrogens with one attached hydrogen (secondary N) is 1. The van der Waals surface area contributed by atoms with E-state index < -0.39 is 5.54 Å². The van der Waals surface area contributed by atoms with Gasteiger partial charge < -0.3 is 10.4 Å². The second-order valence-electron chi connectivity index (χ2n) is 5.48. The summed E-state index contributed by atoms with van der Waals surface area (Å²) in [5.41, 5.74) is 1.07. The van der Waals surface area contributed by atoms with E-state index >= 15 is 0 Å². The molecule has 0 aliphatic rings. The molecule has 2 aromatic rings. The average Bonchev–Trinajstić information content (AvgIpc) is 2.55. The standard InChI is InChI=1S/C18H21NO2/c1-14(15-9-5-3-6-10-15)17(21)19-18(2,13-20)16-11-7-4-8-12-16/h3-12,14,20H,13H2,1-2H3,(H,19,21). The molecule has 2 atom stereocenters. The summed E-state index contributed by atoms with van der Waals surface area (Å²) in [6.45, 7) is 3.55. The zero-order valence-corrected chi connectivity index (χ0v) is 12.4. The van der Waals surface area contributed by atoms with E-state index in [1.165, 1.54) is 0 Å². The van der Waals surface area contributed by atoms with Crippen molar-refractivity contribution in [3.8, 4) is 0 Å². The van der Waals surface area contributed by atoms with Gasteiger partial charge in [0.25, 0.3) is 0 Å². The highest BCUT2D eigenvalue weighted by Gasteiger charge is 2.29. The molecule has 3 nitrogen and oxygen atoms in total. The van der Waals surface area contributed by atoms with Crippen molar-refractivity contribution in [1.82, 2.24) is 5.32 Å². The second-order valence-corrected chi connectivity index (χ2v) is 5.48. The van der Waals surface area contributed by atoms with E-state index in [-0.39, 0.29) is 18.4 Å². The monoisotopic (exact) mass is 283 g/mol. The van der Waals surface area contributed by atoms with Crippen LogP contribution < -0.4 is 5.32 Å². The van der Waals surface area contributed by atoms with E-state index in [1.807, 2.05) is 74.5 Å². The van der Waals surface area contributed by atoms with Crippen LogP contribution in [-0.4, -0.2) is 17.6 Å². The first-order valence-corrected chi connectivity index (χ1v) is 7.10. The zero-order chi connectivity index (χ0) is 15.3. The van der Waals surface area contributed by atoms with Gasteiger partial charge in [0.05, 0.1) is 18.1 Å². The van der Waals surface area contributed by atoms with Crippen molar-refractivity contribution < 1.29 is 9.90 Å². The SMILES string of the molecule is CC(C(=O)NC(C)(CO)c1ccccc1)c1ccccc1. The van der Waals surface area contributed by atoms with Crippen molar-refractivity contribution in [1.29, 1.82) is 0 Å². The zero-order valence-electron chi connectivity index (χ0n) is 12.4. The number of hydrogen-bond donors (Lipinski definition) is 2. The quantitative estimate of drug-likeness (QED) is 0.886. The van der Waals surface area contributed by atoms with Crippen LogP contribution in [0.1, 0.15) is 30.9 Å². The lowest BCUT2D eigenvalue weighted by Crippen LogP contribution is -2.47. The van der Waals surface area contributed by atoms with Gasteiger partial charge in [-0.1, -0.05) is 60.7 Å². The summed E-state index contributed by atoms with van der Waals surface area (Å²) in [7, 11) is 0. The normalized spacial score (nSPS) is 15.0. The van der Waals surface area contributed by atoms with Gasteiger partial charge in [-0.25, -0.2) is 0 Å². The lowest BCUT2D eigenvalue weighted by molar-refractivity contribution is -0.124. The van der Waals surface area contributed by atoms with Crippen LogP contribution in [0, 0.1) is 0 Å². The van der Waals surface area contributed by atoms with Gasteiger partial charge in [-0.2, -0.15) is 0 Å². The molecule has 0 fully saturated rings. The lowest BCUT2D eigenvalue weighted by atomic mass is 9.91. The van der Waals surface area contributed by atoms with Gasteiger partial charge in [0.15, 0.2) is 0 Å². The van der Waals surface area contributed by atoms with E-state index in [2.05, 4.69) is 5.32 Å². The maximum Gasteiger partial charge on any atom is 0.228 e. The fourth-order valence-electron chi connectivity index (χ4n) is 2.28. The first-order chi connectivity index (χ1) is 10.1. The summed E-state index contributed by atoms with van der Waals surface area (Å²) >= 11 is 0. The Labute approximate surface area is 125 Å². The Hall–Kier alpha value is -2.13. The molecule has 0 radical (unpaired) electrons. The third kappa shape index (κ3) is 3.50. The van der Waals surface area contributed by atoms with Gasteiger partial charge in [0.2, 0.25) is 5.91 Å². The minimum absolute atomic E-state index is 0.0957. The average molecular weight is 283 g/mol. The molecule has 0 aromatic heterocycles. The predicted octanol–water partition coefficient (Wildman–Crippen LogP) is 2.81. The molecule has 0 aliphatic heterocycles. The second kappa shape index (κ2) is 6.55. The highest BCUT2D eigenvalue weighted by molar-refractivity contribution is 5.84. The Morgan fingerprint density at radius 1 is 1.10 bits per heavy atom. The minimum atomic E-state index is -0.776. The fraction of sp³-hybridized carbons (Fsp3) is 0.278. The van der Waals surface area contributed by atoms with Gasteiger partial charge in [0.1, 0.15) is 0 Å². The van der Waals surface area contributed by atoms with Crippen molar-refractivity contribution in [2.24, 2.45) is 0 Å². The van der Waals surface area contributed by atoms with Crippen LogP contribution in [0.3, 0.4) is 0 Å². The smallest absolute Gasteiger partial charge is 0.228 e. The first-order valence-electron chi connectivity index (χ1n) is 7.10. The predicted molar refractivity (Wildman–Crippen MR) is 83.9 cm³/mol. The van der Waals surface area contributed by atoms with E-state index in [0.717, 1.165) is 11.1 Å². The Morgan fingerprint density at radius 3 is 2.14 bits per heavy atom. The van der Waals surface area contributed by atoms with Crippen LogP contribution >= 0.6 is 0 Å². The Kier molecular flexibility index (Phi) is 4.76. The topological polar surface area (TPSA) is 49.3 Å². The molecule has 0 bridgehead atoms. The molecular formula is C18H21NO2. The number of aliphatic hydroxyl groups excluding tert-OH is 1. The summed E-state index contributed by atoms with van der Waals surface area (Å²) in [6, 6.07) is 19.2. The van der Waals surface area contributed by atoms with E-state index in [9.17, 15) is 9.90 Å². The minimum Gasteiger partial charge on any atom is -0.394 e. The molecule has 2 aromatic carbocycles. The highest BCUT2D eigenvalue weighted by Crippen LogP contribution is 2.22. The lowest BCUT2D eigenvalue weighted by Gasteiger charge is -2.30. The molecule has 2 N–H and O–H groups in total. The van der Waals surface area contributed by atoms with Crippen LogP contribution in [0.4, 0.5) is 0 Å². The summed E-state index contributed by atoms with van der Waals surface area (Å²) in [4.78, 5) is 12.5. The van der Waals surface area contributed by atoms with Crippen LogP contribution in [0.25, 0.3) is 0 Å². The number of rotatable bonds is 5. The van der Waals surface area contributed by atoms with Crippen LogP contribution in [0.5, 0.6) is 0 Å². The number of hydrogen-bond acceptors (Lipinski definition) is 2. The molecule has 2 rings (SSSR count). The van der Waals surface area contributed by atoms with E-state index in [4.69, 9.17) is 0 Å². The number of benzene rings is 2. The molecule has 0 aliphatic carbocycles. The van der Waals surface area contributed by atoms with Crippen molar-refractivity contribution >= 4 is 5.91 Å². The molecule has 0 spiro atoms. The summed E-state index contributed by atoms with van der Waals surface area (Å²) in [6.07, 6.45) is 0. The van der Waals surface area contributed by atoms with Gasteiger partial charge >= 0.3 is 0 Å². The largest absolute Gasteiger partial charge is 0.394 e. The molecule has 2 unspecified atom stereocenters. The molecule has 0 saturated heterocycles. The van der Waals surface area contributed by atoms with E-state index in [1.54, 1.807) is 0 Å². The van der Waals surface area contributed by atoms with Crippen molar-refractivity contribution in [2.45, 2.75) is 25.3 Å². The molecular weight excluding hydrogens is 262 g/mol. The van der Waals surface area contributed by atoms with Crippen LogP contribution in [0.15, 0.2) is 60.7 Å². The van der Waals surface area contributed by atoms with E-state index in [0.29, 0.717) is 0 Å². The van der Waals surface area contributed by atoms with Gasteiger partial charge in [-0.15, -0.1) is 0 Å². The highest BCUT2D eigenvalue weighted by atomic mass is 16.3. The molecule has 0 saturated carbocycles.